The lowest BCUT2D eigenvalue weighted by molar-refractivity contribution is -0.445. The van der Waals surface area contributed by atoms with Gasteiger partial charge in [0.25, 0.3) is 6.29 Å². The van der Waals surface area contributed by atoms with E-state index in [2.05, 4.69) is 13.8 Å². The number of aryl methyl sites for hydroxylation is 2. The van der Waals surface area contributed by atoms with Crippen molar-refractivity contribution in [2.24, 2.45) is 5.41 Å². The normalized spacial score (nSPS) is 11.5. The Morgan fingerprint density at radius 3 is 1.33 bits per heavy atom. The van der Waals surface area contributed by atoms with Crippen molar-refractivity contribution >= 4 is 11.9 Å². The zero-order valence-electron chi connectivity index (χ0n) is 24.6. The third kappa shape index (κ3) is 11.1. The first-order chi connectivity index (χ1) is 18.9. The minimum absolute atomic E-state index is 0.382. The van der Waals surface area contributed by atoms with Crippen LogP contribution in [-0.2, 0) is 32.4 Å². The quantitative estimate of drug-likeness (QED) is 0.0766. The van der Waals surface area contributed by atoms with Gasteiger partial charge in [0.1, 0.15) is 0 Å². The van der Waals surface area contributed by atoms with Gasteiger partial charge in [0.15, 0.2) is 0 Å². The number of carbonyl (C=O) groups excluding carboxylic acids is 2. The Morgan fingerprint density at radius 1 is 0.615 bits per heavy atom. The van der Waals surface area contributed by atoms with Gasteiger partial charge in [0.2, 0.25) is 0 Å². The molecule has 0 aromatic heterocycles. The predicted molar refractivity (Wildman–Crippen MR) is 154 cm³/mol. The van der Waals surface area contributed by atoms with Gasteiger partial charge in [-0.05, 0) is 73.9 Å². The molecule has 6 nitrogen and oxygen atoms in total. The molecule has 0 heterocycles. The van der Waals surface area contributed by atoms with E-state index in [1.165, 1.54) is 49.7 Å². The second kappa shape index (κ2) is 17.8. The van der Waals surface area contributed by atoms with Crippen molar-refractivity contribution in [1.82, 2.24) is 0 Å². The van der Waals surface area contributed by atoms with E-state index in [9.17, 15) is 9.59 Å². The smallest absolute Gasteiger partial charge is 0.290 e. The highest BCUT2D eigenvalue weighted by Gasteiger charge is 2.37. The zero-order chi connectivity index (χ0) is 28.5. The van der Waals surface area contributed by atoms with E-state index in [-0.39, 0.29) is 0 Å². The predicted octanol–water partition coefficient (Wildman–Crippen LogP) is 8.96. The van der Waals surface area contributed by atoms with E-state index in [0.29, 0.717) is 24.0 Å². The number of unbranched alkanes of at least 4 members (excludes halogenated alkanes) is 6. The third-order valence-corrected chi connectivity index (χ3v) is 7.62. The fourth-order valence-electron chi connectivity index (χ4n) is 4.23. The van der Waals surface area contributed by atoms with Gasteiger partial charge in [0, 0.05) is 5.41 Å². The highest BCUT2D eigenvalue weighted by molar-refractivity contribution is 5.89. The van der Waals surface area contributed by atoms with Crippen LogP contribution in [0.5, 0.6) is 0 Å². The largest absolute Gasteiger partial charge is 0.373 e. The van der Waals surface area contributed by atoms with E-state index in [0.717, 1.165) is 25.7 Å². The number of benzene rings is 2. The Morgan fingerprint density at radius 2 is 1.00 bits per heavy atom. The van der Waals surface area contributed by atoms with E-state index >= 15 is 0 Å². The van der Waals surface area contributed by atoms with Gasteiger partial charge < -0.3 is 0 Å². The van der Waals surface area contributed by atoms with Crippen molar-refractivity contribution in [3.63, 3.8) is 0 Å². The highest BCUT2D eigenvalue weighted by Crippen LogP contribution is 2.33. The summed E-state index contributed by atoms with van der Waals surface area (Å²) in [5.41, 5.74) is 2.59. The molecule has 0 atom stereocenters. The van der Waals surface area contributed by atoms with Crippen LogP contribution in [0.1, 0.15) is 131 Å². The van der Waals surface area contributed by atoms with Gasteiger partial charge in [-0.2, -0.15) is 0 Å². The van der Waals surface area contributed by atoms with Crippen molar-refractivity contribution in [3.05, 3.63) is 70.8 Å². The molecule has 0 aliphatic rings. The van der Waals surface area contributed by atoms with Crippen LogP contribution in [-0.4, -0.2) is 18.2 Å². The molecule has 0 aliphatic carbocycles. The van der Waals surface area contributed by atoms with Crippen LogP contribution in [0.25, 0.3) is 0 Å². The van der Waals surface area contributed by atoms with Gasteiger partial charge >= 0.3 is 11.9 Å². The summed E-state index contributed by atoms with van der Waals surface area (Å²) in [6.07, 6.45) is 11.8. The van der Waals surface area contributed by atoms with Crippen molar-refractivity contribution < 1.29 is 29.1 Å². The third-order valence-electron chi connectivity index (χ3n) is 7.62. The maximum absolute atomic E-state index is 12.7. The molecular weight excluding hydrogens is 492 g/mol. The first-order valence-electron chi connectivity index (χ1n) is 14.8. The Kier molecular flexibility index (Phi) is 14.8. The summed E-state index contributed by atoms with van der Waals surface area (Å²) >= 11 is 0. The van der Waals surface area contributed by atoms with Gasteiger partial charge in [-0.15, -0.1) is 9.78 Å². The molecule has 0 radical (unpaired) electrons. The summed E-state index contributed by atoms with van der Waals surface area (Å²) in [5, 5.41) is 0. The van der Waals surface area contributed by atoms with Crippen LogP contribution in [0.15, 0.2) is 48.5 Å². The van der Waals surface area contributed by atoms with Crippen LogP contribution in [0.2, 0.25) is 0 Å². The molecular formula is C33H48O6. The average molecular weight is 541 g/mol. The van der Waals surface area contributed by atoms with E-state index < -0.39 is 23.6 Å². The topological polar surface area (TPSA) is 71.1 Å². The van der Waals surface area contributed by atoms with E-state index in [1.54, 1.807) is 24.3 Å². The standard InChI is InChI=1S/C33H48O6/c1-6-10-12-14-16-26-18-22-28(23-19-26)30(34)36-38-32(33(5,8-3)9-4)39-37-31(35)29-24-20-27(21-25-29)17-15-13-11-7-2/h18-25,32H,6-17H2,1-5H3. The van der Waals surface area contributed by atoms with Gasteiger partial charge in [0.05, 0.1) is 11.1 Å². The minimum Gasteiger partial charge on any atom is -0.290 e. The molecule has 0 unspecified atom stereocenters. The second-order valence-corrected chi connectivity index (χ2v) is 10.6. The molecule has 0 saturated carbocycles. The zero-order valence-corrected chi connectivity index (χ0v) is 24.6. The number of carbonyl (C=O) groups is 2. The fourth-order valence-corrected chi connectivity index (χ4v) is 4.23. The molecule has 216 valence electrons. The average Bonchev–Trinajstić information content (AvgIpc) is 2.97. The molecule has 0 N–H and O–H groups in total. The van der Waals surface area contributed by atoms with Crippen LogP contribution < -0.4 is 0 Å². The summed E-state index contributed by atoms with van der Waals surface area (Å²) < 4.78 is 0. The fraction of sp³-hybridized carbons (Fsp3) is 0.576. The van der Waals surface area contributed by atoms with Gasteiger partial charge in [-0.1, -0.05) is 97.4 Å². The molecule has 0 fully saturated rings. The molecule has 2 aromatic carbocycles. The van der Waals surface area contributed by atoms with Crippen molar-refractivity contribution in [1.29, 1.82) is 0 Å². The number of rotatable bonds is 19. The Balaban J connectivity index is 1.93. The maximum atomic E-state index is 12.7. The minimum atomic E-state index is -1.09. The van der Waals surface area contributed by atoms with Crippen LogP contribution >= 0.6 is 0 Å². The van der Waals surface area contributed by atoms with Gasteiger partial charge in [-0.3, -0.25) is 9.78 Å². The Hall–Kier alpha value is -2.70. The van der Waals surface area contributed by atoms with E-state index in [4.69, 9.17) is 19.6 Å². The summed E-state index contributed by atoms with van der Waals surface area (Å²) in [7, 11) is 0. The maximum Gasteiger partial charge on any atom is 0.373 e. The molecule has 0 amide bonds. The molecule has 0 bridgehead atoms. The van der Waals surface area contributed by atoms with Crippen molar-refractivity contribution in [3.8, 4) is 0 Å². The highest BCUT2D eigenvalue weighted by atomic mass is 17.3. The lowest BCUT2D eigenvalue weighted by Crippen LogP contribution is -2.37. The van der Waals surface area contributed by atoms with Crippen molar-refractivity contribution in [2.75, 3.05) is 0 Å². The molecule has 0 saturated heterocycles. The molecule has 0 spiro atoms. The van der Waals surface area contributed by atoms with Crippen LogP contribution in [0.4, 0.5) is 0 Å². The monoisotopic (exact) mass is 540 g/mol. The Bertz CT molecular complexity index is 891. The first kappa shape index (κ1) is 32.5. The second-order valence-electron chi connectivity index (χ2n) is 10.6. The molecule has 0 aliphatic heterocycles. The van der Waals surface area contributed by atoms with E-state index in [1.807, 2.05) is 45.0 Å². The molecule has 6 heteroatoms. The Labute approximate surface area is 235 Å². The SMILES string of the molecule is CCCCCCc1ccc(C(=O)OOC(OOC(=O)c2ccc(CCCCCC)cc2)C(C)(CC)CC)cc1. The lowest BCUT2D eigenvalue weighted by Gasteiger charge is -2.32. The lowest BCUT2D eigenvalue weighted by atomic mass is 9.84. The summed E-state index contributed by atoms with van der Waals surface area (Å²) in [6, 6.07) is 14.7. The number of hydrogen-bond acceptors (Lipinski definition) is 6. The van der Waals surface area contributed by atoms with Crippen LogP contribution in [0, 0.1) is 5.41 Å². The molecule has 2 rings (SSSR count). The summed E-state index contributed by atoms with van der Waals surface area (Å²) in [6.45, 7) is 10.3. The molecule has 39 heavy (non-hydrogen) atoms. The first-order valence-corrected chi connectivity index (χ1v) is 14.8. The summed E-state index contributed by atoms with van der Waals surface area (Å²) in [4.78, 5) is 46.5. The van der Waals surface area contributed by atoms with Gasteiger partial charge in [-0.25, -0.2) is 9.59 Å². The molecule has 2 aromatic rings. The van der Waals surface area contributed by atoms with Crippen molar-refractivity contribution in [2.45, 2.75) is 118 Å². The summed E-state index contributed by atoms with van der Waals surface area (Å²) in [5.74, 6) is -1.26. The van der Waals surface area contributed by atoms with Crippen LogP contribution in [0.3, 0.4) is 0 Å². The number of hydrogen-bond donors (Lipinski definition) is 0.